The third-order valence-corrected chi connectivity index (χ3v) is 6.28. The fourth-order valence-corrected chi connectivity index (χ4v) is 4.66. The molecule has 1 saturated carbocycles. The molecule has 0 amide bonds. The largest absolute Gasteiger partial charge is 0.481 e. The predicted octanol–water partition coefficient (Wildman–Crippen LogP) is 5.85. The van der Waals surface area contributed by atoms with Crippen molar-refractivity contribution in [3.63, 3.8) is 0 Å². The standard InChI is InChI=1S/C27H28FNO5/c1-25(2,3)34-23(30)14-13-22-26(4,5)27(22,24(31)32)19(16-29)17-11-12-20(28)21(15-17)33-18-9-7-6-8-10-18/h6-15,19,22H,1-5H3,(H,31,32)/t19?,22-,27+/m0/s1. The molecule has 0 bridgehead atoms. The van der Waals surface area contributed by atoms with E-state index in [9.17, 15) is 24.3 Å². The molecule has 0 radical (unpaired) electrons. The molecule has 34 heavy (non-hydrogen) atoms. The number of para-hydroxylation sites is 1. The second-order valence-electron chi connectivity index (χ2n) is 9.93. The van der Waals surface area contributed by atoms with E-state index in [0.717, 1.165) is 6.07 Å². The van der Waals surface area contributed by atoms with Crippen molar-refractivity contribution in [2.45, 2.75) is 46.1 Å². The summed E-state index contributed by atoms with van der Waals surface area (Å²) in [6.07, 6.45) is 2.71. The molecule has 3 rings (SSSR count). The monoisotopic (exact) mass is 465 g/mol. The number of nitriles is 1. The molecule has 1 unspecified atom stereocenters. The second kappa shape index (κ2) is 8.94. The Morgan fingerprint density at radius 1 is 1.18 bits per heavy atom. The molecule has 3 atom stereocenters. The zero-order chi connectivity index (χ0) is 25.3. The fourth-order valence-electron chi connectivity index (χ4n) is 4.66. The predicted molar refractivity (Wildman–Crippen MR) is 124 cm³/mol. The number of carboxylic acids is 1. The maximum atomic E-state index is 14.5. The number of carbonyl (C=O) groups excluding carboxylic acids is 1. The molecule has 0 saturated heterocycles. The molecule has 0 heterocycles. The summed E-state index contributed by atoms with van der Waals surface area (Å²) in [5.74, 6) is -3.84. The molecule has 2 aromatic rings. The Morgan fingerprint density at radius 3 is 2.38 bits per heavy atom. The van der Waals surface area contributed by atoms with E-state index < -0.39 is 46.0 Å². The normalized spacial score (nSPS) is 22.0. The minimum Gasteiger partial charge on any atom is -0.481 e. The summed E-state index contributed by atoms with van der Waals surface area (Å²) >= 11 is 0. The van der Waals surface area contributed by atoms with Gasteiger partial charge in [-0.15, -0.1) is 0 Å². The van der Waals surface area contributed by atoms with Gasteiger partial charge in [0, 0.05) is 12.0 Å². The van der Waals surface area contributed by atoms with Gasteiger partial charge in [-0.1, -0.05) is 44.2 Å². The van der Waals surface area contributed by atoms with Gasteiger partial charge in [0.25, 0.3) is 0 Å². The molecule has 0 aromatic heterocycles. The lowest BCUT2D eigenvalue weighted by Crippen LogP contribution is -2.29. The minimum atomic E-state index is -1.53. The third kappa shape index (κ3) is 4.54. The van der Waals surface area contributed by atoms with E-state index in [1.807, 2.05) is 0 Å². The Labute approximate surface area is 198 Å². The molecular formula is C27H28FNO5. The van der Waals surface area contributed by atoms with Crippen LogP contribution in [-0.4, -0.2) is 22.6 Å². The summed E-state index contributed by atoms with van der Waals surface area (Å²) in [6.45, 7) is 8.67. The van der Waals surface area contributed by atoms with Crippen LogP contribution in [0.3, 0.4) is 0 Å². The van der Waals surface area contributed by atoms with Gasteiger partial charge in [-0.2, -0.15) is 5.26 Å². The van der Waals surface area contributed by atoms with E-state index in [-0.39, 0.29) is 5.75 Å². The Hall–Kier alpha value is -3.66. The van der Waals surface area contributed by atoms with Crippen LogP contribution in [0.2, 0.25) is 0 Å². The number of carboxylic acid groups (broad SMARTS) is 1. The van der Waals surface area contributed by atoms with Gasteiger partial charge in [-0.25, -0.2) is 9.18 Å². The van der Waals surface area contributed by atoms with Gasteiger partial charge in [0.15, 0.2) is 11.6 Å². The summed E-state index contributed by atoms with van der Waals surface area (Å²) in [5.41, 5.74) is -2.75. The van der Waals surface area contributed by atoms with Gasteiger partial charge in [0.2, 0.25) is 0 Å². The van der Waals surface area contributed by atoms with Crippen LogP contribution in [0, 0.1) is 33.9 Å². The highest BCUT2D eigenvalue weighted by Crippen LogP contribution is 2.75. The molecule has 7 heteroatoms. The van der Waals surface area contributed by atoms with Crippen LogP contribution in [0.25, 0.3) is 0 Å². The number of aliphatic carboxylic acids is 1. The van der Waals surface area contributed by atoms with E-state index in [1.54, 1.807) is 65.0 Å². The van der Waals surface area contributed by atoms with Gasteiger partial charge in [-0.3, -0.25) is 4.79 Å². The molecule has 178 valence electrons. The van der Waals surface area contributed by atoms with Crippen molar-refractivity contribution in [2.24, 2.45) is 16.7 Å². The number of carbonyl (C=O) groups is 2. The van der Waals surface area contributed by atoms with Crippen molar-refractivity contribution in [2.75, 3.05) is 0 Å². The Kier molecular flexibility index (Phi) is 6.57. The quantitative estimate of drug-likeness (QED) is 0.407. The number of nitrogens with zero attached hydrogens (tertiary/aromatic N) is 1. The van der Waals surface area contributed by atoms with Crippen LogP contribution in [0.1, 0.15) is 46.1 Å². The molecule has 1 fully saturated rings. The number of ether oxygens (including phenoxy) is 2. The molecule has 1 N–H and O–H groups in total. The fraction of sp³-hybridized carbons (Fsp3) is 0.370. The smallest absolute Gasteiger partial charge is 0.330 e. The zero-order valence-corrected chi connectivity index (χ0v) is 19.8. The second-order valence-corrected chi connectivity index (χ2v) is 9.93. The number of halogens is 1. The SMILES string of the molecule is CC(C)(C)OC(=O)C=C[C@H]1C(C)(C)[C@]1(C(=O)O)C(C#N)c1ccc(F)c(Oc2ccccc2)c1. The van der Waals surface area contributed by atoms with Gasteiger partial charge in [0.05, 0.1) is 12.0 Å². The number of hydrogen-bond acceptors (Lipinski definition) is 5. The first kappa shape index (κ1) is 25.0. The third-order valence-electron chi connectivity index (χ3n) is 6.28. The van der Waals surface area contributed by atoms with E-state index in [1.165, 1.54) is 24.3 Å². The lowest BCUT2D eigenvalue weighted by atomic mass is 9.78. The highest BCUT2D eigenvalue weighted by molar-refractivity contribution is 5.86. The van der Waals surface area contributed by atoms with Crippen LogP contribution in [0.5, 0.6) is 11.5 Å². The topological polar surface area (TPSA) is 96.6 Å². The Bertz CT molecular complexity index is 1160. The highest BCUT2D eigenvalue weighted by atomic mass is 19.1. The first-order valence-corrected chi connectivity index (χ1v) is 10.9. The van der Waals surface area contributed by atoms with E-state index in [0.29, 0.717) is 11.3 Å². The van der Waals surface area contributed by atoms with Gasteiger partial charge >= 0.3 is 11.9 Å². The number of benzene rings is 2. The van der Waals surface area contributed by atoms with Crippen LogP contribution >= 0.6 is 0 Å². The Morgan fingerprint density at radius 2 is 1.82 bits per heavy atom. The average Bonchev–Trinajstić information content (AvgIpc) is 3.24. The molecule has 1 aliphatic carbocycles. The van der Waals surface area contributed by atoms with E-state index in [2.05, 4.69) is 6.07 Å². The molecular weight excluding hydrogens is 437 g/mol. The lowest BCUT2D eigenvalue weighted by molar-refractivity contribution is -0.149. The van der Waals surface area contributed by atoms with Crippen LogP contribution in [0.4, 0.5) is 4.39 Å². The molecule has 1 aliphatic rings. The number of hydrogen-bond donors (Lipinski definition) is 1. The van der Waals surface area contributed by atoms with Crippen molar-refractivity contribution >= 4 is 11.9 Å². The average molecular weight is 466 g/mol. The Balaban J connectivity index is 1.98. The molecule has 0 aliphatic heterocycles. The first-order chi connectivity index (χ1) is 15.8. The van der Waals surface area contributed by atoms with Crippen molar-refractivity contribution in [1.82, 2.24) is 0 Å². The summed E-state index contributed by atoms with van der Waals surface area (Å²) in [5, 5.41) is 20.3. The van der Waals surface area contributed by atoms with Gasteiger partial charge in [-0.05, 0) is 56.0 Å². The molecule has 2 aromatic carbocycles. The molecule has 0 spiro atoms. The minimum absolute atomic E-state index is 0.108. The first-order valence-electron chi connectivity index (χ1n) is 10.9. The number of esters is 1. The van der Waals surface area contributed by atoms with Crippen LogP contribution < -0.4 is 4.74 Å². The molecule has 6 nitrogen and oxygen atoms in total. The zero-order valence-electron chi connectivity index (χ0n) is 19.8. The van der Waals surface area contributed by atoms with Crippen molar-refractivity contribution in [1.29, 1.82) is 5.26 Å². The van der Waals surface area contributed by atoms with Crippen LogP contribution in [0.15, 0.2) is 60.7 Å². The van der Waals surface area contributed by atoms with Crippen LogP contribution in [-0.2, 0) is 14.3 Å². The van der Waals surface area contributed by atoms with E-state index >= 15 is 0 Å². The summed E-state index contributed by atoms with van der Waals surface area (Å²) in [6, 6.07) is 14.6. The summed E-state index contributed by atoms with van der Waals surface area (Å²) in [7, 11) is 0. The van der Waals surface area contributed by atoms with Crippen molar-refractivity contribution in [3.05, 3.63) is 72.1 Å². The number of rotatable bonds is 7. The van der Waals surface area contributed by atoms with Gasteiger partial charge < -0.3 is 14.6 Å². The number of allylic oxidation sites excluding steroid dienone is 1. The highest BCUT2D eigenvalue weighted by Gasteiger charge is 2.78. The summed E-state index contributed by atoms with van der Waals surface area (Å²) < 4.78 is 25.4. The van der Waals surface area contributed by atoms with Gasteiger partial charge in [0.1, 0.15) is 16.8 Å². The van der Waals surface area contributed by atoms with Crippen molar-refractivity contribution in [3.8, 4) is 17.6 Å². The lowest BCUT2D eigenvalue weighted by Gasteiger charge is -2.22. The summed E-state index contributed by atoms with van der Waals surface area (Å²) in [4.78, 5) is 24.8. The van der Waals surface area contributed by atoms with E-state index in [4.69, 9.17) is 9.47 Å². The maximum Gasteiger partial charge on any atom is 0.330 e. The van der Waals surface area contributed by atoms with Crippen molar-refractivity contribution < 1.29 is 28.6 Å². The maximum absolute atomic E-state index is 14.5.